The molecule has 0 atom stereocenters. The summed E-state index contributed by atoms with van der Waals surface area (Å²) >= 11 is 3.56. The highest BCUT2D eigenvalue weighted by Crippen LogP contribution is 2.25. The molecule has 5 heteroatoms. The second-order valence-corrected chi connectivity index (χ2v) is 6.11. The van der Waals surface area contributed by atoms with Gasteiger partial charge in [0, 0.05) is 4.47 Å². The summed E-state index contributed by atoms with van der Waals surface area (Å²) in [5, 5.41) is 8.47. The second-order valence-electron chi connectivity index (χ2n) is 5.25. The van der Waals surface area contributed by atoms with Gasteiger partial charge in [0.05, 0.1) is 17.3 Å². The first kappa shape index (κ1) is 14.1. The molecule has 0 bridgehead atoms. The van der Waals surface area contributed by atoms with Crippen LogP contribution in [0.15, 0.2) is 40.9 Å². The lowest BCUT2D eigenvalue weighted by molar-refractivity contribution is 0.242. The number of nitrogens with zero attached hydrogens (tertiary/aromatic N) is 3. The van der Waals surface area contributed by atoms with Crippen LogP contribution in [0.3, 0.4) is 0 Å². The Labute approximate surface area is 131 Å². The zero-order chi connectivity index (χ0) is 15.0. The largest absolute Gasteiger partial charge is 0.491 e. The number of rotatable bonds is 3. The van der Waals surface area contributed by atoms with Crippen LogP contribution in [0.1, 0.15) is 19.4 Å². The van der Waals surface area contributed by atoms with E-state index in [1.807, 2.05) is 61.9 Å². The van der Waals surface area contributed by atoms with Gasteiger partial charge in [-0.2, -0.15) is 0 Å². The van der Waals surface area contributed by atoms with Gasteiger partial charge in [0.2, 0.25) is 0 Å². The van der Waals surface area contributed by atoms with Crippen molar-refractivity contribution in [2.75, 3.05) is 0 Å². The average Bonchev–Trinajstić information content (AvgIpc) is 2.82. The molecule has 0 saturated heterocycles. The molecule has 0 N–H and O–H groups in total. The van der Waals surface area contributed by atoms with Crippen molar-refractivity contribution in [3.63, 3.8) is 0 Å². The number of hydrogen-bond acceptors (Lipinski definition) is 3. The van der Waals surface area contributed by atoms with E-state index in [4.69, 9.17) is 4.74 Å². The second kappa shape index (κ2) is 5.48. The van der Waals surface area contributed by atoms with Crippen LogP contribution in [-0.4, -0.2) is 21.1 Å². The monoisotopic (exact) mass is 345 g/mol. The number of hydrogen-bond donors (Lipinski definition) is 0. The molecule has 1 heterocycles. The number of ether oxygens (including phenoxy) is 1. The van der Waals surface area contributed by atoms with Gasteiger partial charge in [-0.25, -0.2) is 4.68 Å². The SMILES string of the molecule is Cc1cc2nnn(-c3ccc(OC(C)C)cc3)c2cc1Br. The quantitative estimate of drug-likeness (QED) is 0.711. The summed E-state index contributed by atoms with van der Waals surface area (Å²) in [6.45, 7) is 6.07. The van der Waals surface area contributed by atoms with Crippen LogP contribution >= 0.6 is 15.9 Å². The van der Waals surface area contributed by atoms with Gasteiger partial charge < -0.3 is 4.74 Å². The molecule has 0 amide bonds. The van der Waals surface area contributed by atoms with E-state index in [0.29, 0.717) is 0 Å². The lowest BCUT2D eigenvalue weighted by Crippen LogP contribution is -2.05. The molecule has 21 heavy (non-hydrogen) atoms. The number of fused-ring (bicyclic) bond motifs is 1. The van der Waals surface area contributed by atoms with Crippen LogP contribution in [0, 0.1) is 6.92 Å². The van der Waals surface area contributed by atoms with Gasteiger partial charge in [0.25, 0.3) is 0 Å². The molecule has 0 unspecified atom stereocenters. The van der Waals surface area contributed by atoms with Gasteiger partial charge in [0.1, 0.15) is 11.3 Å². The Morgan fingerprint density at radius 3 is 2.52 bits per heavy atom. The minimum Gasteiger partial charge on any atom is -0.491 e. The third kappa shape index (κ3) is 2.78. The molecule has 4 nitrogen and oxygen atoms in total. The summed E-state index contributed by atoms with van der Waals surface area (Å²) < 4.78 is 8.54. The highest BCUT2D eigenvalue weighted by Gasteiger charge is 2.09. The van der Waals surface area contributed by atoms with E-state index in [1.54, 1.807) is 0 Å². The number of halogens is 1. The zero-order valence-corrected chi connectivity index (χ0v) is 13.8. The Kier molecular flexibility index (Phi) is 3.68. The molecular weight excluding hydrogens is 330 g/mol. The molecule has 3 rings (SSSR count). The topological polar surface area (TPSA) is 39.9 Å². The summed E-state index contributed by atoms with van der Waals surface area (Å²) in [5.74, 6) is 0.857. The molecule has 1 aromatic heterocycles. The first-order chi connectivity index (χ1) is 10.0. The van der Waals surface area contributed by atoms with Gasteiger partial charge in [-0.3, -0.25) is 0 Å². The van der Waals surface area contributed by atoms with E-state index in [-0.39, 0.29) is 6.10 Å². The molecule has 0 radical (unpaired) electrons. The summed E-state index contributed by atoms with van der Waals surface area (Å²) in [5.41, 5.74) is 3.97. The first-order valence-corrected chi connectivity index (χ1v) is 7.62. The molecular formula is C16H16BrN3O. The number of aromatic nitrogens is 3. The molecule has 3 aromatic rings. The molecule has 2 aromatic carbocycles. The van der Waals surface area contributed by atoms with Crippen molar-refractivity contribution >= 4 is 27.0 Å². The van der Waals surface area contributed by atoms with Crippen molar-refractivity contribution in [3.05, 3.63) is 46.4 Å². The fourth-order valence-corrected chi connectivity index (χ4v) is 2.51. The van der Waals surface area contributed by atoms with E-state index < -0.39 is 0 Å². The fraction of sp³-hybridized carbons (Fsp3) is 0.250. The average molecular weight is 346 g/mol. The van der Waals surface area contributed by atoms with Gasteiger partial charge in [0.15, 0.2) is 0 Å². The number of benzene rings is 2. The van der Waals surface area contributed by atoms with E-state index in [9.17, 15) is 0 Å². The normalized spacial score (nSPS) is 11.3. The lowest BCUT2D eigenvalue weighted by atomic mass is 10.2. The van der Waals surface area contributed by atoms with Crippen molar-refractivity contribution in [1.82, 2.24) is 15.0 Å². The van der Waals surface area contributed by atoms with Gasteiger partial charge in [-0.15, -0.1) is 5.10 Å². The molecule has 0 aliphatic rings. The predicted molar refractivity (Wildman–Crippen MR) is 87.1 cm³/mol. The summed E-state index contributed by atoms with van der Waals surface area (Å²) in [7, 11) is 0. The van der Waals surface area contributed by atoms with E-state index in [1.165, 1.54) is 0 Å². The Balaban J connectivity index is 2.02. The van der Waals surface area contributed by atoms with E-state index in [2.05, 4.69) is 26.2 Å². The van der Waals surface area contributed by atoms with Crippen molar-refractivity contribution in [3.8, 4) is 11.4 Å². The van der Waals surface area contributed by atoms with Crippen LogP contribution in [0.25, 0.3) is 16.7 Å². The van der Waals surface area contributed by atoms with Gasteiger partial charge in [-0.05, 0) is 62.7 Å². The molecule has 0 aliphatic carbocycles. The number of aryl methyl sites for hydroxylation is 1. The van der Waals surface area contributed by atoms with Crippen LogP contribution in [-0.2, 0) is 0 Å². The minimum atomic E-state index is 0.169. The van der Waals surface area contributed by atoms with Crippen LogP contribution in [0.5, 0.6) is 5.75 Å². The Morgan fingerprint density at radius 1 is 1.14 bits per heavy atom. The van der Waals surface area contributed by atoms with Crippen molar-refractivity contribution in [2.45, 2.75) is 26.9 Å². The highest BCUT2D eigenvalue weighted by molar-refractivity contribution is 9.10. The Bertz CT molecular complexity index is 778. The van der Waals surface area contributed by atoms with Crippen molar-refractivity contribution < 1.29 is 4.74 Å². The smallest absolute Gasteiger partial charge is 0.119 e. The van der Waals surface area contributed by atoms with Crippen LogP contribution in [0.2, 0.25) is 0 Å². The Hall–Kier alpha value is -1.88. The fourth-order valence-electron chi connectivity index (χ4n) is 2.18. The summed E-state index contributed by atoms with van der Waals surface area (Å²) in [4.78, 5) is 0. The standard InChI is InChI=1S/C16H16BrN3O/c1-10(2)21-13-6-4-12(5-7-13)20-16-9-14(17)11(3)8-15(16)18-19-20/h4-10H,1-3H3. The van der Waals surface area contributed by atoms with E-state index >= 15 is 0 Å². The minimum absolute atomic E-state index is 0.169. The summed E-state index contributed by atoms with van der Waals surface area (Å²) in [6.07, 6.45) is 0.169. The lowest BCUT2D eigenvalue weighted by Gasteiger charge is -2.10. The first-order valence-electron chi connectivity index (χ1n) is 6.83. The molecule has 0 aliphatic heterocycles. The van der Waals surface area contributed by atoms with E-state index in [0.717, 1.165) is 32.5 Å². The molecule has 108 valence electrons. The zero-order valence-electron chi connectivity index (χ0n) is 12.2. The van der Waals surface area contributed by atoms with Crippen LogP contribution in [0.4, 0.5) is 0 Å². The third-order valence-corrected chi connectivity index (χ3v) is 4.03. The van der Waals surface area contributed by atoms with Gasteiger partial charge in [-0.1, -0.05) is 21.1 Å². The predicted octanol–water partition coefficient (Wildman–Crippen LogP) is 4.28. The molecule has 0 spiro atoms. The van der Waals surface area contributed by atoms with Crippen molar-refractivity contribution in [2.24, 2.45) is 0 Å². The maximum absolute atomic E-state index is 5.66. The molecule has 0 fully saturated rings. The Morgan fingerprint density at radius 2 is 1.86 bits per heavy atom. The maximum Gasteiger partial charge on any atom is 0.119 e. The molecule has 0 saturated carbocycles. The third-order valence-electron chi connectivity index (χ3n) is 3.18. The van der Waals surface area contributed by atoms with Crippen molar-refractivity contribution in [1.29, 1.82) is 0 Å². The summed E-state index contributed by atoms with van der Waals surface area (Å²) in [6, 6.07) is 11.9. The van der Waals surface area contributed by atoms with Gasteiger partial charge >= 0.3 is 0 Å². The maximum atomic E-state index is 5.66. The van der Waals surface area contributed by atoms with Crippen LogP contribution < -0.4 is 4.74 Å². The highest BCUT2D eigenvalue weighted by atomic mass is 79.9.